The molecule has 25 heavy (non-hydrogen) atoms. The average Bonchev–Trinajstić information content (AvgIpc) is 3.04. The topological polar surface area (TPSA) is 41.0 Å². The maximum atomic E-state index is 4.40. The lowest BCUT2D eigenvalue weighted by atomic mass is 10.0. The number of aliphatic imine (C=N–C) groups is 1. The van der Waals surface area contributed by atoms with Crippen LogP contribution in [0.5, 0.6) is 0 Å². The predicted molar refractivity (Wildman–Crippen MR) is 108 cm³/mol. The van der Waals surface area contributed by atoms with E-state index in [0.29, 0.717) is 0 Å². The van der Waals surface area contributed by atoms with Crippen molar-refractivity contribution < 1.29 is 0 Å². The Balaban J connectivity index is 1.87. The first-order chi connectivity index (χ1) is 12.2. The molecule has 0 fully saturated rings. The summed E-state index contributed by atoms with van der Waals surface area (Å²) in [6, 6.07) is 14.9. The van der Waals surface area contributed by atoms with Crippen molar-refractivity contribution in [2.24, 2.45) is 4.99 Å². The quantitative estimate of drug-likeness (QED) is 0.613. The summed E-state index contributed by atoms with van der Waals surface area (Å²) in [6.07, 6.45) is 7.79. The Kier molecular flexibility index (Phi) is 5.24. The summed E-state index contributed by atoms with van der Waals surface area (Å²) in [5.41, 5.74) is 6.84. The zero-order valence-corrected chi connectivity index (χ0v) is 14.8. The average molecular weight is 329 g/mol. The van der Waals surface area contributed by atoms with Crippen LogP contribution in [0.1, 0.15) is 35.7 Å². The SMILES string of the molecule is C=Cc1ccc2n[nH]c(Cc3ccc(/C(C=NC)=C/CC)cc3)c2c1. The van der Waals surface area contributed by atoms with E-state index in [-0.39, 0.29) is 0 Å². The summed E-state index contributed by atoms with van der Waals surface area (Å²) < 4.78 is 0. The molecule has 0 unspecified atom stereocenters. The molecule has 0 bridgehead atoms. The second kappa shape index (κ2) is 7.75. The molecule has 126 valence electrons. The van der Waals surface area contributed by atoms with E-state index in [4.69, 9.17) is 0 Å². The van der Waals surface area contributed by atoms with Crippen LogP contribution in [0.25, 0.3) is 22.6 Å². The second-order valence-corrected chi connectivity index (χ2v) is 6.01. The fourth-order valence-corrected chi connectivity index (χ4v) is 2.97. The third-order valence-electron chi connectivity index (χ3n) is 4.25. The summed E-state index contributed by atoms with van der Waals surface area (Å²) in [5.74, 6) is 0. The Bertz CT molecular complexity index is 928. The zero-order chi connectivity index (χ0) is 17.6. The van der Waals surface area contributed by atoms with Crippen molar-refractivity contribution >= 4 is 28.8 Å². The van der Waals surface area contributed by atoms with Gasteiger partial charge in [-0.15, -0.1) is 0 Å². The molecule has 3 nitrogen and oxygen atoms in total. The van der Waals surface area contributed by atoms with Gasteiger partial charge in [0.1, 0.15) is 0 Å². The Morgan fingerprint density at radius 1 is 1.20 bits per heavy atom. The molecule has 0 aliphatic rings. The lowest BCUT2D eigenvalue weighted by Crippen LogP contribution is -1.92. The van der Waals surface area contributed by atoms with E-state index in [1.54, 1.807) is 7.05 Å². The van der Waals surface area contributed by atoms with Crippen LogP contribution in [0.4, 0.5) is 0 Å². The van der Waals surface area contributed by atoms with Crippen molar-refractivity contribution in [1.29, 1.82) is 0 Å². The number of aromatic nitrogens is 2. The van der Waals surface area contributed by atoms with E-state index in [9.17, 15) is 0 Å². The van der Waals surface area contributed by atoms with Crippen LogP contribution < -0.4 is 0 Å². The first-order valence-corrected chi connectivity index (χ1v) is 8.56. The van der Waals surface area contributed by atoms with Gasteiger partial charge in [0.05, 0.1) is 5.52 Å². The van der Waals surface area contributed by atoms with Crippen LogP contribution in [0.3, 0.4) is 0 Å². The molecule has 0 aliphatic heterocycles. The maximum Gasteiger partial charge on any atom is 0.0924 e. The second-order valence-electron chi connectivity index (χ2n) is 6.01. The molecule has 0 saturated heterocycles. The smallest absolute Gasteiger partial charge is 0.0924 e. The van der Waals surface area contributed by atoms with Crippen molar-refractivity contribution in [1.82, 2.24) is 10.2 Å². The first kappa shape index (κ1) is 16.9. The lowest BCUT2D eigenvalue weighted by Gasteiger charge is -2.05. The molecule has 1 N–H and O–H groups in total. The summed E-state index contributed by atoms with van der Waals surface area (Å²) in [4.78, 5) is 4.15. The zero-order valence-electron chi connectivity index (χ0n) is 14.8. The van der Waals surface area contributed by atoms with Crippen molar-refractivity contribution in [3.05, 3.63) is 77.5 Å². The highest BCUT2D eigenvalue weighted by atomic mass is 15.1. The largest absolute Gasteiger partial charge is 0.296 e. The number of fused-ring (bicyclic) bond motifs is 1. The van der Waals surface area contributed by atoms with Gasteiger partial charge < -0.3 is 0 Å². The molecule has 0 aliphatic carbocycles. The Morgan fingerprint density at radius 2 is 2.00 bits per heavy atom. The maximum absolute atomic E-state index is 4.40. The fraction of sp³-hybridized carbons (Fsp3) is 0.182. The fourth-order valence-electron chi connectivity index (χ4n) is 2.97. The van der Waals surface area contributed by atoms with E-state index in [2.05, 4.69) is 65.1 Å². The minimum absolute atomic E-state index is 0.825. The molecule has 0 radical (unpaired) electrons. The van der Waals surface area contributed by atoms with E-state index in [1.807, 2.05) is 24.4 Å². The molecule has 1 aromatic heterocycles. The van der Waals surface area contributed by atoms with Gasteiger partial charge in [-0.1, -0.05) is 56.0 Å². The Hall–Kier alpha value is -2.94. The van der Waals surface area contributed by atoms with Gasteiger partial charge in [0.25, 0.3) is 0 Å². The molecule has 0 saturated carbocycles. The van der Waals surface area contributed by atoms with Crippen molar-refractivity contribution in [3.63, 3.8) is 0 Å². The van der Waals surface area contributed by atoms with Gasteiger partial charge in [-0.2, -0.15) is 5.10 Å². The van der Waals surface area contributed by atoms with E-state index < -0.39 is 0 Å². The Labute approximate surface area is 148 Å². The van der Waals surface area contributed by atoms with Gasteiger partial charge in [-0.05, 0) is 40.8 Å². The highest BCUT2D eigenvalue weighted by Gasteiger charge is 2.07. The van der Waals surface area contributed by atoms with Gasteiger partial charge in [-0.25, -0.2) is 0 Å². The summed E-state index contributed by atoms with van der Waals surface area (Å²) in [5, 5.41) is 8.73. The van der Waals surface area contributed by atoms with Gasteiger partial charge in [0.2, 0.25) is 0 Å². The van der Waals surface area contributed by atoms with Gasteiger partial charge in [0, 0.05) is 30.8 Å². The molecule has 0 amide bonds. The van der Waals surface area contributed by atoms with Crippen LogP contribution in [-0.4, -0.2) is 23.5 Å². The van der Waals surface area contributed by atoms with Crippen LogP contribution in [0.2, 0.25) is 0 Å². The number of H-pyrrole nitrogens is 1. The number of rotatable bonds is 6. The summed E-state index contributed by atoms with van der Waals surface area (Å²) >= 11 is 0. The van der Waals surface area contributed by atoms with E-state index >= 15 is 0 Å². The number of hydrogen-bond acceptors (Lipinski definition) is 2. The molecular formula is C22H23N3. The highest BCUT2D eigenvalue weighted by molar-refractivity contribution is 6.09. The van der Waals surface area contributed by atoms with Crippen molar-refractivity contribution in [3.8, 4) is 0 Å². The number of hydrogen-bond donors (Lipinski definition) is 1. The molecule has 2 aromatic carbocycles. The van der Waals surface area contributed by atoms with E-state index in [0.717, 1.165) is 35.0 Å². The van der Waals surface area contributed by atoms with Gasteiger partial charge in [-0.3, -0.25) is 10.1 Å². The van der Waals surface area contributed by atoms with Crippen molar-refractivity contribution in [2.45, 2.75) is 19.8 Å². The van der Waals surface area contributed by atoms with Crippen LogP contribution in [-0.2, 0) is 6.42 Å². The third-order valence-corrected chi connectivity index (χ3v) is 4.25. The molecule has 1 heterocycles. The summed E-state index contributed by atoms with van der Waals surface area (Å²) in [7, 11) is 1.80. The standard InChI is InChI=1S/C22H23N3/c1-4-6-19(15-23-3)18-10-7-17(8-11-18)14-22-20-13-16(5-2)9-12-21(20)24-25-22/h5-13,15H,2,4,14H2,1,3H3,(H,24,25)/b19-6+,23-15?. The lowest BCUT2D eigenvalue weighted by molar-refractivity contribution is 1.01. The third kappa shape index (κ3) is 3.77. The number of nitrogens with zero attached hydrogens (tertiary/aromatic N) is 2. The molecule has 0 spiro atoms. The van der Waals surface area contributed by atoms with Crippen molar-refractivity contribution in [2.75, 3.05) is 7.05 Å². The Morgan fingerprint density at radius 3 is 2.68 bits per heavy atom. The number of nitrogens with one attached hydrogen (secondary N) is 1. The number of allylic oxidation sites excluding steroid dienone is 2. The number of aromatic amines is 1. The van der Waals surface area contributed by atoms with Gasteiger partial charge in [0.15, 0.2) is 0 Å². The summed E-state index contributed by atoms with van der Waals surface area (Å²) in [6.45, 7) is 5.98. The van der Waals surface area contributed by atoms with Crippen LogP contribution in [0.15, 0.2) is 60.1 Å². The molecule has 0 atom stereocenters. The molecular weight excluding hydrogens is 306 g/mol. The molecule has 3 aromatic rings. The van der Waals surface area contributed by atoms with E-state index in [1.165, 1.54) is 16.7 Å². The minimum Gasteiger partial charge on any atom is -0.296 e. The predicted octanol–water partition coefficient (Wildman–Crippen LogP) is 5.29. The minimum atomic E-state index is 0.825. The first-order valence-electron chi connectivity index (χ1n) is 8.56. The monoisotopic (exact) mass is 329 g/mol. The highest BCUT2D eigenvalue weighted by Crippen LogP contribution is 2.22. The molecule has 3 rings (SSSR count). The molecule has 3 heteroatoms. The normalized spacial score (nSPS) is 12.2. The van der Waals surface area contributed by atoms with Crippen LogP contribution in [0, 0.1) is 0 Å². The number of benzene rings is 2. The van der Waals surface area contributed by atoms with Gasteiger partial charge >= 0.3 is 0 Å². The van der Waals surface area contributed by atoms with Crippen LogP contribution >= 0.6 is 0 Å².